The zero-order chi connectivity index (χ0) is 12.1. The lowest BCUT2D eigenvalue weighted by atomic mass is 9.88. The minimum absolute atomic E-state index is 0.284. The largest absolute Gasteiger partial charge is 0.339 e. The van der Waals surface area contributed by atoms with Gasteiger partial charge in [0, 0.05) is 24.9 Å². The molecule has 1 atom stereocenters. The zero-order valence-electron chi connectivity index (χ0n) is 10.5. The van der Waals surface area contributed by atoms with E-state index in [2.05, 4.69) is 11.0 Å². The molecule has 1 heterocycles. The minimum atomic E-state index is 0.284. The van der Waals surface area contributed by atoms with Crippen LogP contribution in [0.3, 0.4) is 0 Å². The molecule has 1 unspecified atom stereocenters. The van der Waals surface area contributed by atoms with Crippen molar-refractivity contribution < 1.29 is 4.79 Å². The molecule has 0 N–H and O–H groups in total. The fourth-order valence-corrected chi connectivity index (χ4v) is 3.24. The summed E-state index contributed by atoms with van der Waals surface area (Å²) in [5, 5.41) is 8.65. The van der Waals surface area contributed by atoms with Gasteiger partial charge in [-0.2, -0.15) is 5.26 Å². The number of amides is 1. The first-order valence-electron chi connectivity index (χ1n) is 7.00. The van der Waals surface area contributed by atoms with Crippen LogP contribution >= 0.6 is 0 Å². The van der Waals surface area contributed by atoms with E-state index in [0.29, 0.717) is 18.4 Å². The lowest BCUT2D eigenvalue weighted by Gasteiger charge is -2.30. The van der Waals surface area contributed by atoms with Gasteiger partial charge in [0.2, 0.25) is 5.91 Å². The van der Waals surface area contributed by atoms with Gasteiger partial charge >= 0.3 is 0 Å². The summed E-state index contributed by atoms with van der Waals surface area (Å²) in [7, 11) is 0. The first-order valence-corrected chi connectivity index (χ1v) is 7.00. The molecule has 3 nitrogen and oxygen atoms in total. The Bertz CT molecular complexity index is 302. The highest BCUT2D eigenvalue weighted by atomic mass is 16.2. The van der Waals surface area contributed by atoms with Crippen molar-refractivity contribution in [3.8, 4) is 6.07 Å². The molecule has 0 aromatic carbocycles. The van der Waals surface area contributed by atoms with Crippen molar-refractivity contribution in [2.45, 2.75) is 63.8 Å². The Hall–Kier alpha value is -1.04. The van der Waals surface area contributed by atoms with E-state index in [0.717, 1.165) is 38.6 Å². The maximum Gasteiger partial charge on any atom is 0.225 e. The van der Waals surface area contributed by atoms with Crippen LogP contribution in [-0.4, -0.2) is 23.4 Å². The second-order valence-electron chi connectivity index (χ2n) is 5.36. The molecule has 1 saturated heterocycles. The number of nitrogens with zero attached hydrogens (tertiary/aromatic N) is 2. The Morgan fingerprint density at radius 3 is 2.65 bits per heavy atom. The summed E-state index contributed by atoms with van der Waals surface area (Å²) in [5.41, 5.74) is 0. The molecule has 2 fully saturated rings. The molecular weight excluding hydrogens is 212 g/mol. The third kappa shape index (κ3) is 3.00. The Kier molecular flexibility index (Phi) is 4.42. The molecule has 0 radical (unpaired) electrons. The molecule has 0 spiro atoms. The van der Waals surface area contributed by atoms with Gasteiger partial charge in [-0.25, -0.2) is 0 Å². The number of carbonyl (C=O) groups is 1. The number of hydrogen-bond acceptors (Lipinski definition) is 2. The number of nitriles is 1. The van der Waals surface area contributed by atoms with Gasteiger partial charge in [0.15, 0.2) is 0 Å². The summed E-state index contributed by atoms with van der Waals surface area (Å²) >= 11 is 0. The average molecular weight is 234 g/mol. The quantitative estimate of drug-likeness (QED) is 0.753. The van der Waals surface area contributed by atoms with Crippen LogP contribution in [-0.2, 0) is 4.79 Å². The van der Waals surface area contributed by atoms with E-state index in [1.165, 1.54) is 19.3 Å². The van der Waals surface area contributed by atoms with Crippen LogP contribution in [0.2, 0.25) is 0 Å². The van der Waals surface area contributed by atoms with E-state index >= 15 is 0 Å². The van der Waals surface area contributed by atoms with Gasteiger partial charge in [0.1, 0.15) is 0 Å². The average Bonchev–Trinajstić information content (AvgIpc) is 2.84. The summed E-state index contributed by atoms with van der Waals surface area (Å²) in [6.07, 6.45) is 9.56. The SMILES string of the molecule is N#CCCC1CCCN1C(=O)C1CCCCC1. The molecule has 3 heteroatoms. The summed E-state index contributed by atoms with van der Waals surface area (Å²) in [5.74, 6) is 0.663. The van der Waals surface area contributed by atoms with Gasteiger partial charge in [-0.15, -0.1) is 0 Å². The van der Waals surface area contributed by atoms with Crippen molar-refractivity contribution in [3.63, 3.8) is 0 Å². The van der Waals surface area contributed by atoms with E-state index in [9.17, 15) is 4.79 Å². The molecule has 1 aliphatic heterocycles. The van der Waals surface area contributed by atoms with Gasteiger partial charge < -0.3 is 4.90 Å². The monoisotopic (exact) mass is 234 g/mol. The van der Waals surface area contributed by atoms with Crippen molar-refractivity contribution in [2.75, 3.05) is 6.54 Å². The summed E-state index contributed by atoms with van der Waals surface area (Å²) in [4.78, 5) is 14.5. The van der Waals surface area contributed by atoms with Gasteiger partial charge in [0.25, 0.3) is 0 Å². The maximum absolute atomic E-state index is 12.4. The number of likely N-dealkylation sites (tertiary alicyclic amines) is 1. The highest BCUT2D eigenvalue weighted by Gasteiger charge is 2.33. The second kappa shape index (κ2) is 6.05. The molecule has 17 heavy (non-hydrogen) atoms. The van der Waals surface area contributed by atoms with Crippen molar-refractivity contribution >= 4 is 5.91 Å². The Labute approximate surface area is 104 Å². The zero-order valence-corrected chi connectivity index (χ0v) is 10.5. The number of hydrogen-bond donors (Lipinski definition) is 0. The predicted molar refractivity (Wildman–Crippen MR) is 66.2 cm³/mol. The van der Waals surface area contributed by atoms with E-state index in [4.69, 9.17) is 5.26 Å². The van der Waals surface area contributed by atoms with Gasteiger partial charge in [-0.05, 0) is 32.1 Å². The maximum atomic E-state index is 12.4. The van der Waals surface area contributed by atoms with Crippen molar-refractivity contribution in [1.29, 1.82) is 5.26 Å². The molecule has 0 aromatic rings. The van der Waals surface area contributed by atoms with Crippen LogP contribution in [0, 0.1) is 17.2 Å². The van der Waals surface area contributed by atoms with E-state index in [-0.39, 0.29) is 5.92 Å². The molecule has 1 saturated carbocycles. The van der Waals surface area contributed by atoms with Crippen LogP contribution < -0.4 is 0 Å². The first-order chi connectivity index (χ1) is 8.33. The second-order valence-corrected chi connectivity index (χ2v) is 5.36. The van der Waals surface area contributed by atoms with Crippen LogP contribution in [0.15, 0.2) is 0 Å². The van der Waals surface area contributed by atoms with Crippen molar-refractivity contribution in [3.05, 3.63) is 0 Å². The van der Waals surface area contributed by atoms with Gasteiger partial charge in [-0.3, -0.25) is 4.79 Å². The molecule has 0 aromatic heterocycles. The number of rotatable bonds is 3. The highest BCUT2D eigenvalue weighted by molar-refractivity contribution is 5.79. The Morgan fingerprint density at radius 1 is 1.18 bits per heavy atom. The molecule has 0 bridgehead atoms. The fraction of sp³-hybridized carbons (Fsp3) is 0.857. The summed E-state index contributed by atoms with van der Waals surface area (Å²) in [6.45, 7) is 0.922. The minimum Gasteiger partial charge on any atom is -0.339 e. The fourth-order valence-electron chi connectivity index (χ4n) is 3.24. The lowest BCUT2D eigenvalue weighted by Crippen LogP contribution is -2.40. The third-order valence-electron chi connectivity index (χ3n) is 4.20. The van der Waals surface area contributed by atoms with Crippen molar-refractivity contribution in [1.82, 2.24) is 4.90 Å². The Morgan fingerprint density at radius 2 is 1.94 bits per heavy atom. The summed E-state index contributed by atoms with van der Waals surface area (Å²) < 4.78 is 0. The highest BCUT2D eigenvalue weighted by Crippen LogP contribution is 2.29. The third-order valence-corrected chi connectivity index (χ3v) is 4.20. The van der Waals surface area contributed by atoms with Crippen molar-refractivity contribution in [2.24, 2.45) is 5.92 Å². The molecule has 1 aliphatic carbocycles. The predicted octanol–water partition coefficient (Wildman–Crippen LogP) is 2.86. The molecular formula is C14H22N2O. The topological polar surface area (TPSA) is 44.1 Å². The molecule has 94 valence electrons. The smallest absolute Gasteiger partial charge is 0.225 e. The standard InChI is InChI=1S/C14H22N2O/c15-10-4-8-13-9-5-11-16(13)14(17)12-6-2-1-3-7-12/h12-13H,1-9,11H2. The lowest BCUT2D eigenvalue weighted by molar-refractivity contribution is -0.137. The van der Waals surface area contributed by atoms with E-state index in [1.54, 1.807) is 0 Å². The summed E-state index contributed by atoms with van der Waals surface area (Å²) in [6, 6.07) is 2.55. The first kappa shape index (κ1) is 12.4. The molecule has 2 aliphatic rings. The number of carbonyl (C=O) groups excluding carboxylic acids is 1. The van der Waals surface area contributed by atoms with E-state index < -0.39 is 0 Å². The Balaban J connectivity index is 1.90. The van der Waals surface area contributed by atoms with Crippen LogP contribution in [0.25, 0.3) is 0 Å². The van der Waals surface area contributed by atoms with Crippen LogP contribution in [0.4, 0.5) is 0 Å². The molecule has 2 rings (SSSR count). The van der Waals surface area contributed by atoms with Crippen LogP contribution in [0.5, 0.6) is 0 Å². The van der Waals surface area contributed by atoms with E-state index in [1.807, 2.05) is 0 Å². The molecule has 1 amide bonds. The van der Waals surface area contributed by atoms with Gasteiger partial charge in [-0.1, -0.05) is 19.3 Å². The normalized spacial score (nSPS) is 25.8. The van der Waals surface area contributed by atoms with Crippen LogP contribution in [0.1, 0.15) is 57.8 Å². The van der Waals surface area contributed by atoms with Gasteiger partial charge in [0.05, 0.1) is 6.07 Å².